The SMILES string of the molecule is CN1CCC2(CC1)CN(c1cc(C(=O)Nc3cc4cc(-c5cnn(C)c5)cnc4cn3)ccn1)C2. The normalized spacial score (nSPS) is 17.5. The van der Waals surface area contributed by atoms with Gasteiger partial charge in [-0.05, 0) is 57.2 Å². The van der Waals surface area contributed by atoms with Crippen LogP contribution in [0.1, 0.15) is 23.2 Å². The molecular formula is C26H28N8O. The number of rotatable bonds is 4. The van der Waals surface area contributed by atoms with Crippen LogP contribution in [0.5, 0.6) is 0 Å². The lowest BCUT2D eigenvalue weighted by Crippen LogP contribution is -2.60. The van der Waals surface area contributed by atoms with Crippen LogP contribution in [0.2, 0.25) is 0 Å². The first-order valence-corrected chi connectivity index (χ1v) is 11.9. The number of aryl methyl sites for hydroxylation is 1. The molecule has 1 amide bonds. The number of hydrogen-bond donors (Lipinski definition) is 1. The zero-order chi connectivity index (χ0) is 24.0. The summed E-state index contributed by atoms with van der Waals surface area (Å²) in [4.78, 5) is 31.1. The second-order valence-electron chi connectivity index (χ2n) is 9.91. The molecule has 0 atom stereocenters. The van der Waals surface area contributed by atoms with Crippen molar-refractivity contribution in [1.29, 1.82) is 0 Å². The molecule has 35 heavy (non-hydrogen) atoms. The van der Waals surface area contributed by atoms with E-state index in [1.807, 2.05) is 37.6 Å². The number of carbonyl (C=O) groups excluding carboxylic acids is 1. The molecule has 2 fully saturated rings. The summed E-state index contributed by atoms with van der Waals surface area (Å²) in [6.45, 7) is 4.33. The van der Waals surface area contributed by atoms with Gasteiger partial charge in [-0.15, -0.1) is 0 Å². The van der Waals surface area contributed by atoms with Gasteiger partial charge in [0, 0.05) is 66.2 Å². The molecular weight excluding hydrogens is 440 g/mol. The van der Waals surface area contributed by atoms with E-state index in [0.29, 0.717) is 16.8 Å². The Morgan fingerprint density at radius 2 is 1.80 bits per heavy atom. The molecule has 0 aromatic carbocycles. The Morgan fingerprint density at radius 3 is 2.57 bits per heavy atom. The molecule has 0 bridgehead atoms. The Bertz CT molecular complexity index is 1400. The van der Waals surface area contributed by atoms with Crippen LogP contribution in [-0.4, -0.2) is 68.8 Å². The number of fused-ring (bicyclic) bond motifs is 1. The van der Waals surface area contributed by atoms with Crippen molar-refractivity contribution in [3.05, 3.63) is 60.8 Å². The minimum Gasteiger partial charge on any atom is -0.355 e. The van der Waals surface area contributed by atoms with E-state index in [9.17, 15) is 4.79 Å². The van der Waals surface area contributed by atoms with Gasteiger partial charge < -0.3 is 15.1 Å². The molecule has 0 aliphatic carbocycles. The number of hydrogen-bond acceptors (Lipinski definition) is 7. The second-order valence-corrected chi connectivity index (χ2v) is 9.91. The minimum absolute atomic E-state index is 0.202. The summed E-state index contributed by atoms with van der Waals surface area (Å²) >= 11 is 0. The van der Waals surface area contributed by atoms with Gasteiger partial charge >= 0.3 is 0 Å². The van der Waals surface area contributed by atoms with E-state index in [4.69, 9.17) is 0 Å². The molecule has 4 aromatic heterocycles. The number of piperidine rings is 1. The highest BCUT2D eigenvalue weighted by atomic mass is 16.1. The van der Waals surface area contributed by atoms with Crippen LogP contribution in [0, 0.1) is 5.41 Å². The number of likely N-dealkylation sites (tertiary alicyclic amines) is 1. The van der Waals surface area contributed by atoms with Crippen LogP contribution in [-0.2, 0) is 7.05 Å². The maximum atomic E-state index is 13.0. The zero-order valence-corrected chi connectivity index (χ0v) is 20.0. The standard InChI is InChI=1S/C26H28N8O/c1-32-7-4-26(5-8-32)16-34(17-26)24-11-18(3-6-27-24)25(35)31-23-10-19-9-20(12-28-22(19)14-29-23)21-13-30-33(2)15-21/h3,6,9-15H,4-5,7-8,16-17H2,1-2H3,(H,29,31,35). The van der Waals surface area contributed by atoms with Crippen molar-refractivity contribution in [2.24, 2.45) is 12.5 Å². The number of carbonyl (C=O) groups is 1. The largest absolute Gasteiger partial charge is 0.355 e. The van der Waals surface area contributed by atoms with Gasteiger partial charge in [0.25, 0.3) is 5.91 Å². The van der Waals surface area contributed by atoms with Gasteiger partial charge in [-0.25, -0.2) is 9.97 Å². The monoisotopic (exact) mass is 468 g/mol. The number of anilines is 2. The minimum atomic E-state index is -0.202. The summed E-state index contributed by atoms with van der Waals surface area (Å²) in [5, 5.41) is 8.06. The Balaban J connectivity index is 1.17. The topological polar surface area (TPSA) is 92.1 Å². The molecule has 4 aromatic rings. The first kappa shape index (κ1) is 21.7. The second kappa shape index (κ2) is 8.42. The molecule has 2 saturated heterocycles. The van der Waals surface area contributed by atoms with Crippen molar-refractivity contribution in [3.63, 3.8) is 0 Å². The average Bonchev–Trinajstić information content (AvgIpc) is 3.29. The quantitative estimate of drug-likeness (QED) is 0.492. The third-order valence-corrected chi connectivity index (χ3v) is 7.28. The first-order chi connectivity index (χ1) is 17.0. The van der Waals surface area contributed by atoms with E-state index < -0.39 is 0 Å². The Kier molecular flexibility index (Phi) is 5.21. The van der Waals surface area contributed by atoms with Gasteiger partial charge in [0.1, 0.15) is 11.6 Å². The van der Waals surface area contributed by atoms with Crippen LogP contribution in [0.4, 0.5) is 11.6 Å². The van der Waals surface area contributed by atoms with Crippen LogP contribution in [0.15, 0.2) is 55.2 Å². The highest BCUT2D eigenvalue weighted by Crippen LogP contribution is 2.41. The number of nitrogens with zero attached hydrogens (tertiary/aromatic N) is 7. The van der Waals surface area contributed by atoms with Gasteiger partial charge in [-0.3, -0.25) is 14.5 Å². The molecule has 6 rings (SSSR count). The lowest BCUT2D eigenvalue weighted by molar-refractivity contribution is 0.0900. The molecule has 9 nitrogen and oxygen atoms in total. The first-order valence-electron chi connectivity index (χ1n) is 11.9. The van der Waals surface area contributed by atoms with Gasteiger partial charge in [0.15, 0.2) is 0 Å². The van der Waals surface area contributed by atoms with Gasteiger partial charge in [0.2, 0.25) is 0 Å². The molecule has 9 heteroatoms. The van der Waals surface area contributed by atoms with E-state index >= 15 is 0 Å². The molecule has 1 N–H and O–H groups in total. The van der Waals surface area contributed by atoms with Crippen molar-refractivity contribution in [3.8, 4) is 11.1 Å². The van der Waals surface area contributed by atoms with Crippen molar-refractivity contribution < 1.29 is 4.79 Å². The number of nitrogens with one attached hydrogen (secondary N) is 1. The number of aromatic nitrogens is 5. The van der Waals surface area contributed by atoms with Crippen LogP contribution >= 0.6 is 0 Å². The molecule has 0 unspecified atom stereocenters. The molecule has 1 spiro atoms. The Morgan fingerprint density at radius 1 is 0.971 bits per heavy atom. The zero-order valence-electron chi connectivity index (χ0n) is 20.0. The predicted molar refractivity (Wildman–Crippen MR) is 135 cm³/mol. The molecule has 6 heterocycles. The maximum Gasteiger partial charge on any atom is 0.257 e. The van der Waals surface area contributed by atoms with E-state index in [2.05, 4.69) is 42.2 Å². The molecule has 2 aliphatic rings. The summed E-state index contributed by atoms with van der Waals surface area (Å²) < 4.78 is 1.76. The van der Waals surface area contributed by atoms with E-state index in [1.54, 1.807) is 29.3 Å². The summed E-state index contributed by atoms with van der Waals surface area (Å²) in [7, 11) is 4.07. The molecule has 178 valence electrons. The van der Waals surface area contributed by atoms with Crippen LogP contribution < -0.4 is 10.2 Å². The third kappa shape index (κ3) is 4.23. The highest BCUT2D eigenvalue weighted by molar-refractivity contribution is 6.04. The summed E-state index contributed by atoms with van der Waals surface area (Å²) in [6, 6.07) is 7.50. The number of amides is 1. The summed E-state index contributed by atoms with van der Waals surface area (Å²) in [5.74, 6) is 1.14. The fourth-order valence-electron chi connectivity index (χ4n) is 5.08. The maximum absolute atomic E-state index is 13.0. The summed E-state index contributed by atoms with van der Waals surface area (Å²) in [5.41, 5.74) is 3.70. The van der Waals surface area contributed by atoms with Gasteiger partial charge in [-0.2, -0.15) is 5.10 Å². The third-order valence-electron chi connectivity index (χ3n) is 7.28. The van der Waals surface area contributed by atoms with E-state index in [0.717, 1.165) is 54.0 Å². The molecule has 0 saturated carbocycles. The van der Waals surface area contributed by atoms with Crippen LogP contribution in [0.3, 0.4) is 0 Å². The van der Waals surface area contributed by atoms with Crippen LogP contribution in [0.25, 0.3) is 22.0 Å². The average molecular weight is 469 g/mol. The Hall–Kier alpha value is -3.85. The van der Waals surface area contributed by atoms with Crippen molar-refractivity contribution in [2.45, 2.75) is 12.8 Å². The van der Waals surface area contributed by atoms with Crippen molar-refractivity contribution in [1.82, 2.24) is 29.6 Å². The van der Waals surface area contributed by atoms with E-state index in [-0.39, 0.29) is 5.91 Å². The van der Waals surface area contributed by atoms with Crippen molar-refractivity contribution >= 4 is 28.4 Å². The Labute approximate surface area is 203 Å². The fraction of sp³-hybridized carbons (Fsp3) is 0.346. The lowest BCUT2D eigenvalue weighted by Gasteiger charge is -2.54. The highest BCUT2D eigenvalue weighted by Gasteiger charge is 2.44. The van der Waals surface area contributed by atoms with Gasteiger partial charge in [0.05, 0.1) is 17.9 Å². The van der Waals surface area contributed by atoms with Crippen molar-refractivity contribution in [2.75, 3.05) is 43.4 Å². The number of pyridine rings is 3. The van der Waals surface area contributed by atoms with Gasteiger partial charge in [-0.1, -0.05) is 0 Å². The summed E-state index contributed by atoms with van der Waals surface area (Å²) in [6.07, 6.45) is 11.4. The smallest absolute Gasteiger partial charge is 0.257 e. The lowest BCUT2D eigenvalue weighted by atomic mass is 9.72. The predicted octanol–water partition coefficient (Wildman–Crippen LogP) is 3.21. The van der Waals surface area contributed by atoms with E-state index in [1.165, 1.54) is 12.8 Å². The molecule has 0 radical (unpaired) electrons. The molecule has 2 aliphatic heterocycles. The fourth-order valence-corrected chi connectivity index (χ4v) is 5.08.